The van der Waals surface area contributed by atoms with E-state index < -0.39 is 17.7 Å². The van der Waals surface area contributed by atoms with Crippen LogP contribution in [0.1, 0.15) is 17.3 Å². The highest BCUT2D eigenvalue weighted by Gasteiger charge is 2.27. The molecule has 0 bridgehead atoms. The van der Waals surface area contributed by atoms with Gasteiger partial charge in [0.2, 0.25) is 0 Å². The van der Waals surface area contributed by atoms with Gasteiger partial charge in [-0.15, -0.1) is 6.58 Å². The minimum absolute atomic E-state index is 0.0939. The van der Waals surface area contributed by atoms with Gasteiger partial charge in [-0.1, -0.05) is 6.08 Å². The van der Waals surface area contributed by atoms with Crippen LogP contribution in [0, 0.1) is 11.6 Å². The Bertz CT molecular complexity index is 628. The third-order valence-corrected chi connectivity index (χ3v) is 3.86. The number of carbonyl (C=O) groups excluding carboxylic acids is 2. The van der Waals surface area contributed by atoms with E-state index in [9.17, 15) is 18.4 Å². The molecular formula is C17H20F2N2O3. The molecule has 24 heavy (non-hydrogen) atoms. The molecule has 2 rings (SSSR count). The number of ether oxygens (including phenoxy) is 1. The Morgan fingerprint density at radius 2 is 1.83 bits per heavy atom. The largest absolute Gasteiger partial charge is 0.365 e. The molecule has 0 aromatic heterocycles. The van der Waals surface area contributed by atoms with Crippen LogP contribution in [0.3, 0.4) is 0 Å². The van der Waals surface area contributed by atoms with Crippen molar-refractivity contribution in [2.75, 3.05) is 32.8 Å². The van der Waals surface area contributed by atoms with E-state index in [1.165, 1.54) is 11.0 Å². The zero-order valence-corrected chi connectivity index (χ0v) is 13.5. The molecule has 0 unspecified atom stereocenters. The monoisotopic (exact) mass is 338 g/mol. The summed E-state index contributed by atoms with van der Waals surface area (Å²) in [6.07, 6.45) is 0.999. The molecule has 2 amide bonds. The molecule has 0 radical (unpaired) electrons. The van der Waals surface area contributed by atoms with Crippen LogP contribution in [0.2, 0.25) is 0 Å². The van der Waals surface area contributed by atoms with Crippen molar-refractivity contribution < 1.29 is 23.1 Å². The van der Waals surface area contributed by atoms with Crippen LogP contribution in [0.25, 0.3) is 0 Å². The van der Waals surface area contributed by atoms with Gasteiger partial charge >= 0.3 is 0 Å². The van der Waals surface area contributed by atoms with E-state index in [1.54, 1.807) is 17.9 Å². The van der Waals surface area contributed by atoms with Crippen LogP contribution >= 0.6 is 0 Å². The summed E-state index contributed by atoms with van der Waals surface area (Å²) < 4.78 is 31.5. The number of hydrogen-bond acceptors (Lipinski definition) is 3. The van der Waals surface area contributed by atoms with E-state index in [1.807, 2.05) is 0 Å². The van der Waals surface area contributed by atoms with E-state index in [2.05, 4.69) is 6.58 Å². The zero-order chi connectivity index (χ0) is 17.7. The normalized spacial score (nSPS) is 16.0. The number of piperazine rings is 1. The third kappa shape index (κ3) is 4.17. The summed E-state index contributed by atoms with van der Waals surface area (Å²) in [7, 11) is 0. The molecule has 1 saturated heterocycles. The minimum atomic E-state index is -1.05. The quantitative estimate of drug-likeness (QED) is 0.770. The molecule has 1 fully saturated rings. The third-order valence-electron chi connectivity index (χ3n) is 3.86. The van der Waals surface area contributed by atoms with Crippen LogP contribution in [-0.2, 0) is 9.53 Å². The maximum Gasteiger partial charge on any atom is 0.254 e. The fourth-order valence-corrected chi connectivity index (χ4v) is 2.48. The number of amides is 2. The SMILES string of the molecule is C=CCO[C@@H](C)C(=O)N1CCN(C(=O)c2ccc(F)c(F)c2)CC1. The van der Waals surface area contributed by atoms with Crippen molar-refractivity contribution in [1.82, 2.24) is 9.80 Å². The van der Waals surface area contributed by atoms with Crippen molar-refractivity contribution in [3.8, 4) is 0 Å². The highest BCUT2D eigenvalue weighted by atomic mass is 19.2. The minimum Gasteiger partial charge on any atom is -0.365 e. The van der Waals surface area contributed by atoms with Crippen molar-refractivity contribution in [3.63, 3.8) is 0 Å². The first-order valence-corrected chi connectivity index (χ1v) is 7.69. The summed E-state index contributed by atoms with van der Waals surface area (Å²) in [6.45, 7) is 6.90. The number of hydrogen-bond donors (Lipinski definition) is 0. The molecule has 1 aromatic rings. The first kappa shape index (κ1) is 18.1. The van der Waals surface area contributed by atoms with E-state index in [0.717, 1.165) is 12.1 Å². The van der Waals surface area contributed by atoms with Crippen LogP contribution < -0.4 is 0 Å². The molecule has 0 aliphatic carbocycles. The van der Waals surface area contributed by atoms with Crippen LogP contribution in [0.4, 0.5) is 8.78 Å². The molecule has 7 heteroatoms. The molecule has 130 valence electrons. The Hall–Kier alpha value is -2.28. The Kier molecular flexibility index (Phi) is 6.03. The summed E-state index contributed by atoms with van der Waals surface area (Å²) in [6, 6.07) is 3.07. The van der Waals surface area contributed by atoms with Gasteiger partial charge in [0.05, 0.1) is 6.61 Å². The second-order valence-electron chi connectivity index (χ2n) is 5.51. The van der Waals surface area contributed by atoms with Gasteiger partial charge in [-0.3, -0.25) is 9.59 Å². The van der Waals surface area contributed by atoms with Gasteiger partial charge in [0.1, 0.15) is 6.10 Å². The lowest BCUT2D eigenvalue weighted by Crippen LogP contribution is -2.52. The number of halogens is 2. The van der Waals surface area contributed by atoms with E-state index in [-0.39, 0.29) is 17.4 Å². The average Bonchev–Trinajstić information content (AvgIpc) is 2.60. The summed E-state index contributed by atoms with van der Waals surface area (Å²) >= 11 is 0. The van der Waals surface area contributed by atoms with Crippen LogP contribution in [-0.4, -0.2) is 60.5 Å². The molecular weight excluding hydrogens is 318 g/mol. The fourth-order valence-electron chi connectivity index (χ4n) is 2.48. The van der Waals surface area contributed by atoms with Gasteiger partial charge in [-0.2, -0.15) is 0 Å². The maximum absolute atomic E-state index is 13.2. The Balaban J connectivity index is 1.92. The van der Waals surface area contributed by atoms with Crippen molar-refractivity contribution in [1.29, 1.82) is 0 Å². The van der Waals surface area contributed by atoms with Crippen molar-refractivity contribution in [3.05, 3.63) is 48.1 Å². The van der Waals surface area contributed by atoms with Gasteiger partial charge in [-0.25, -0.2) is 8.78 Å². The molecule has 0 spiro atoms. The molecule has 5 nitrogen and oxygen atoms in total. The van der Waals surface area contributed by atoms with Gasteiger partial charge < -0.3 is 14.5 Å². The average molecular weight is 338 g/mol. The number of carbonyl (C=O) groups is 2. The number of rotatable bonds is 5. The standard InChI is InChI=1S/C17H20F2N2O3/c1-3-10-24-12(2)16(22)20-6-8-21(9-7-20)17(23)13-4-5-14(18)15(19)11-13/h3-5,11-12H,1,6-10H2,2H3/t12-/m0/s1. The molecule has 1 heterocycles. The highest BCUT2D eigenvalue weighted by Crippen LogP contribution is 2.13. The summed E-state index contributed by atoms with van der Waals surface area (Å²) in [5.74, 6) is -2.56. The lowest BCUT2D eigenvalue weighted by atomic mass is 10.1. The predicted molar refractivity (Wildman–Crippen MR) is 84.5 cm³/mol. The van der Waals surface area contributed by atoms with Gasteiger partial charge in [-0.05, 0) is 25.1 Å². The highest BCUT2D eigenvalue weighted by molar-refractivity contribution is 5.94. The molecule has 1 aliphatic rings. The van der Waals surface area contributed by atoms with Crippen molar-refractivity contribution in [2.24, 2.45) is 0 Å². The van der Waals surface area contributed by atoms with Gasteiger partial charge in [0.25, 0.3) is 11.8 Å². The molecule has 0 saturated carbocycles. The Morgan fingerprint density at radius 3 is 2.42 bits per heavy atom. The van der Waals surface area contributed by atoms with E-state index >= 15 is 0 Å². The lowest BCUT2D eigenvalue weighted by Gasteiger charge is -2.35. The van der Waals surface area contributed by atoms with Gasteiger partial charge in [0, 0.05) is 31.7 Å². The lowest BCUT2D eigenvalue weighted by molar-refractivity contribution is -0.143. The summed E-state index contributed by atoms with van der Waals surface area (Å²) in [5.41, 5.74) is 0.0939. The van der Waals surface area contributed by atoms with E-state index in [4.69, 9.17) is 4.74 Å². The van der Waals surface area contributed by atoms with Crippen LogP contribution in [0.5, 0.6) is 0 Å². The van der Waals surface area contributed by atoms with E-state index in [0.29, 0.717) is 32.8 Å². The fraction of sp³-hybridized carbons (Fsp3) is 0.412. The zero-order valence-electron chi connectivity index (χ0n) is 13.5. The first-order valence-electron chi connectivity index (χ1n) is 7.69. The Labute approximate surface area is 139 Å². The van der Waals surface area contributed by atoms with Gasteiger partial charge in [0.15, 0.2) is 11.6 Å². The molecule has 0 N–H and O–H groups in total. The topological polar surface area (TPSA) is 49.9 Å². The van der Waals surface area contributed by atoms with Crippen LogP contribution in [0.15, 0.2) is 30.9 Å². The summed E-state index contributed by atoms with van der Waals surface area (Å²) in [4.78, 5) is 27.7. The second-order valence-corrected chi connectivity index (χ2v) is 5.51. The second kappa shape index (κ2) is 8.01. The molecule has 1 aromatic carbocycles. The number of nitrogens with zero attached hydrogens (tertiary/aromatic N) is 2. The summed E-state index contributed by atoms with van der Waals surface area (Å²) in [5, 5.41) is 0. The smallest absolute Gasteiger partial charge is 0.254 e. The van der Waals surface area contributed by atoms with Crippen molar-refractivity contribution in [2.45, 2.75) is 13.0 Å². The molecule has 1 aliphatic heterocycles. The predicted octanol–water partition coefficient (Wildman–Crippen LogP) is 1.84. The Morgan fingerprint density at radius 1 is 1.21 bits per heavy atom. The molecule has 1 atom stereocenters. The maximum atomic E-state index is 13.2. The van der Waals surface area contributed by atoms with Crippen molar-refractivity contribution >= 4 is 11.8 Å². The first-order chi connectivity index (χ1) is 11.4. The number of benzene rings is 1.